The van der Waals surface area contributed by atoms with Crippen LogP contribution in [0.4, 0.5) is 5.69 Å². The molecule has 5 heteroatoms. The van der Waals surface area contributed by atoms with Crippen LogP contribution in [0.25, 0.3) is 0 Å². The average molecular weight is 304 g/mol. The molecule has 0 aliphatic rings. The van der Waals surface area contributed by atoms with Crippen LogP contribution in [0.1, 0.15) is 17.4 Å². The molecule has 0 saturated heterocycles. The Hall–Kier alpha value is -1.85. The van der Waals surface area contributed by atoms with Gasteiger partial charge in [-0.15, -0.1) is 0 Å². The molecule has 3 N–H and O–H groups in total. The molecule has 0 saturated carbocycles. The highest BCUT2D eigenvalue weighted by Crippen LogP contribution is 2.13. The predicted molar refractivity (Wildman–Crippen MR) is 89.7 cm³/mol. The SMILES string of the molecule is Cc1ccccc1NC(=S)NC[C@H](c1ccco1)[NH+](C)C. The molecule has 0 bridgehead atoms. The van der Waals surface area contributed by atoms with Gasteiger partial charge in [-0.05, 0) is 42.9 Å². The molecular weight excluding hydrogens is 282 g/mol. The molecule has 0 amide bonds. The van der Waals surface area contributed by atoms with E-state index in [1.807, 2.05) is 30.3 Å². The highest BCUT2D eigenvalue weighted by molar-refractivity contribution is 7.80. The van der Waals surface area contributed by atoms with Crippen LogP contribution in [-0.2, 0) is 0 Å². The van der Waals surface area contributed by atoms with Gasteiger partial charge in [-0.3, -0.25) is 0 Å². The van der Waals surface area contributed by atoms with Crippen molar-refractivity contribution in [1.82, 2.24) is 5.32 Å². The van der Waals surface area contributed by atoms with Crippen molar-refractivity contribution in [2.24, 2.45) is 0 Å². The van der Waals surface area contributed by atoms with Crippen molar-refractivity contribution in [2.45, 2.75) is 13.0 Å². The molecule has 1 aromatic heterocycles. The van der Waals surface area contributed by atoms with E-state index in [-0.39, 0.29) is 6.04 Å². The topological polar surface area (TPSA) is 41.6 Å². The Bertz CT molecular complexity index is 581. The fraction of sp³-hybridized carbons (Fsp3) is 0.312. The van der Waals surface area contributed by atoms with Crippen LogP contribution in [0, 0.1) is 6.92 Å². The Morgan fingerprint density at radius 3 is 2.62 bits per heavy atom. The van der Waals surface area contributed by atoms with Gasteiger partial charge in [0.1, 0.15) is 0 Å². The molecule has 0 radical (unpaired) electrons. The molecule has 1 heterocycles. The molecule has 0 spiro atoms. The largest absolute Gasteiger partial charge is 0.463 e. The standard InChI is InChI=1S/C16H21N3OS/c1-12-7-4-5-8-13(12)18-16(21)17-11-14(19(2)3)15-9-6-10-20-15/h4-10,14H,11H2,1-3H3,(H2,17,18,21)/p+1/t14-/m1/s1. The summed E-state index contributed by atoms with van der Waals surface area (Å²) in [6, 6.07) is 12.2. The number of nitrogens with one attached hydrogen (secondary N) is 3. The number of hydrogen-bond donors (Lipinski definition) is 3. The minimum absolute atomic E-state index is 0.219. The minimum atomic E-state index is 0.219. The lowest BCUT2D eigenvalue weighted by Crippen LogP contribution is -3.07. The van der Waals surface area contributed by atoms with Gasteiger partial charge in [-0.25, -0.2) is 0 Å². The van der Waals surface area contributed by atoms with Crippen molar-refractivity contribution < 1.29 is 9.32 Å². The first-order valence-corrected chi connectivity index (χ1v) is 7.42. The molecule has 21 heavy (non-hydrogen) atoms. The molecule has 1 atom stereocenters. The summed E-state index contributed by atoms with van der Waals surface area (Å²) >= 11 is 5.37. The number of anilines is 1. The van der Waals surface area contributed by atoms with Gasteiger partial charge >= 0.3 is 0 Å². The first kappa shape index (κ1) is 15.5. The zero-order chi connectivity index (χ0) is 15.2. The number of quaternary nitrogens is 1. The van der Waals surface area contributed by atoms with E-state index in [1.165, 1.54) is 10.5 Å². The van der Waals surface area contributed by atoms with Gasteiger partial charge in [0.15, 0.2) is 16.9 Å². The number of benzene rings is 1. The summed E-state index contributed by atoms with van der Waals surface area (Å²) in [5.41, 5.74) is 2.20. The fourth-order valence-electron chi connectivity index (χ4n) is 2.15. The number of hydrogen-bond acceptors (Lipinski definition) is 2. The van der Waals surface area contributed by atoms with Gasteiger partial charge in [-0.2, -0.15) is 0 Å². The summed E-state index contributed by atoms with van der Waals surface area (Å²) in [6.45, 7) is 2.77. The number of para-hydroxylation sites is 1. The third kappa shape index (κ3) is 4.31. The molecule has 1 aromatic carbocycles. The zero-order valence-corrected chi connectivity index (χ0v) is 13.5. The maximum atomic E-state index is 5.50. The number of thiocarbonyl (C=S) groups is 1. The Morgan fingerprint density at radius 1 is 1.24 bits per heavy atom. The van der Waals surface area contributed by atoms with Gasteiger partial charge in [0.05, 0.1) is 26.9 Å². The smallest absolute Gasteiger partial charge is 0.171 e. The lowest BCUT2D eigenvalue weighted by Gasteiger charge is -2.21. The number of likely N-dealkylation sites (N-methyl/N-ethyl adjacent to an activating group) is 1. The first-order valence-electron chi connectivity index (χ1n) is 7.02. The van der Waals surface area contributed by atoms with Crippen molar-refractivity contribution >= 4 is 23.0 Å². The Labute approximate surface area is 131 Å². The molecule has 0 unspecified atom stereocenters. The number of aryl methyl sites for hydroxylation is 1. The number of furan rings is 1. The van der Waals surface area contributed by atoms with Gasteiger partial charge < -0.3 is 20.0 Å². The summed E-state index contributed by atoms with van der Waals surface area (Å²) in [7, 11) is 4.21. The van der Waals surface area contributed by atoms with Gasteiger partial charge in [0, 0.05) is 5.69 Å². The first-order chi connectivity index (χ1) is 10.1. The molecule has 0 aliphatic carbocycles. The van der Waals surface area contributed by atoms with Crippen molar-refractivity contribution in [3.63, 3.8) is 0 Å². The van der Waals surface area contributed by atoms with Crippen LogP contribution in [-0.4, -0.2) is 25.8 Å². The second kappa shape index (κ2) is 7.24. The summed E-state index contributed by atoms with van der Waals surface area (Å²) in [6.07, 6.45) is 1.70. The van der Waals surface area contributed by atoms with Gasteiger partial charge in [0.25, 0.3) is 0 Å². The summed E-state index contributed by atoms with van der Waals surface area (Å²) < 4.78 is 5.50. The van der Waals surface area contributed by atoms with E-state index in [9.17, 15) is 0 Å². The third-order valence-electron chi connectivity index (χ3n) is 3.44. The van der Waals surface area contributed by atoms with E-state index in [0.717, 1.165) is 11.4 Å². The monoisotopic (exact) mass is 304 g/mol. The highest BCUT2D eigenvalue weighted by atomic mass is 32.1. The van der Waals surface area contributed by atoms with Gasteiger partial charge in [-0.1, -0.05) is 18.2 Å². The normalized spacial score (nSPS) is 12.2. The van der Waals surface area contributed by atoms with E-state index in [2.05, 4.69) is 37.7 Å². The quantitative estimate of drug-likeness (QED) is 0.736. The molecule has 2 aromatic rings. The van der Waals surface area contributed by atoms with Crippen LogP contribution in [0.3, 0.4) is 0 Å². The molecule has 4 nitrogen and oxygen atoms in total. The van der Waals surface area contributed by atoms with E-state index in [0.29, 0.717) is 11.7 Å². The Kier molecular flexibility index (Phi) is 5.36. The summed E-state index contributed by atoms with van der Waals surface area (Å²) in [4.78, 5) is 1.29. The predicted octanol–water partition coefficient (Wildman–Crippen LogP) is 1.76. The lowest BCUT2D eigenvalue weighted by molar-refractivity contribution is -0.891. The number of rotatable bonds is 5. The van der Waals surface area contributed by atoms with Gasteiger partial charge in [0.2, 0.25) is 0 Å². The molecule has 112 valence electrons. The van der Waals surface area contributed by atoms with E-state index >= 15 is 0 Å². The Balaban J connectivity index is 1.92. The molecule has 0 fully saturated rings. The van der Waals surface area contributed by atoms with Crippen LogP contribution in [0.15, 0.2) is 47.1 Å². The molecule has 2 rings (SSSR count). The van der Waals surface area contributed by atoms with E-state index < -0.39 is 0 Å². The molecule has 0 aliphatic heterocycles. The van der Waals surface area contributed by atoms with E-state index in [1.54, 1.807) is 6.26 Å². The second-order valence-corrected chi connectivity index (χ2v) is 5.70. The average Bonchev–Trinajstić information content (AvgIpc) is 2.95. The molecular formula is C16H22N3OS+. The van der Waals surface area contributed by atoms with Crippen molar-refractivity contribution in [3.8, 4) is 0 Å². The maximum absolute atomic E-state index is 5.50. The van der Waals surface area contributed by atoms with Crippen LogP contribution in [0.5, 0.6) is 0 Å². The summed E-state index contributed by atoms with van der Waals surface area (Å²) in [5.74, 6) is 0.959. The van der Waals surface area contributed by atoms with Crippen LogP contribution >= 0.6 is 12.2 Å². The minimum Gasteiger partial charge on any atom is -0.463 e. The lowest BCUT2D eigenvalue weighted by atomic mass is 10.2. The maximum Gasteiger partial charge on any atom is 0.171 e. The van der Waals surface area contributed by atoms with Crippen LogP contribution in [0.2, 0.25) is 0 Å². The second-order valence-electron chi connectivity index (χ2n) is 5.30. The fourth-order valence-corrected chi connectivity index (χ4v) is 2.35. The zero-order valence-electron chi connectivity index (χ0n) is 12.6. The van der Waals surface area contributed by atoms with Crippen molar-refractivity contribution in [2.75, 3.05) is 26.0 Å². The van der Waals surface area contributed by atoms with Crippen molar-refractivity contribution in [1.29, 1.82) is 0 Å². The highest BCUT2D eigenvalue weighted by Gasteiger charge is 2.20. The van der Waals surface area contributed by atoms with Crippen LogP contribution < -0.4 is 15.5 Å². The van der Waals surface area contributed by atoms with Crippen molar-refractivity contribution in [3.05, 3.63) is 54.0 Å². The van der Waals surface area contributed by atoms with E-state index in [4.69, 9.17) is 16.6 Å². The summed E-state index contributed by atoms with van der Waals surface area (Å²) in [5, 5.41) is 7.12. The third-order valence-corrected chi connectivity index (χ3v) is 3.69. The Morgan fingerprint density at radius 2 is 2.00 bits per heavy atom.